The lowest BCUT2D eigenvalue weighted by atomic mass is 9.79. The normalized spacial score (nSPS) is 14.7. The average Bonchev–Trinajstić information content (AvgIpc) is 3.89. The first-order valence-electron chi connectivity index (χ1n) is 25.2. The highest BCUT2D eigenvalue weighted by Gasteiger charge is 2.44. The summed E-state index contributed by atoms with van der Waals surface area (Å²) in [6, 6.07) is 85.8. The molecule has 13 rings (SSSR count). The Morgan fingerprint density at radius 2 is 0.592 bits per heavy atom. The van der Waals surface area contributed by atoms with Crippen LogP contribution >= 0.6 is 0 Å². The fraction of sp³-hybridized carbons (Fsp3) is 0.130. The molecule has 10 aromatic rings. The summed E-state index contributed by atoms with van der Waals surface area (Å²) in [5.74, 6) is 0. The van der Waals surface area contributed by atoms with Gasteiger partial charge in [0.25, 0.3) is 0 Å². The van der Waals surface area contributed by atoms with Crippen LogP contribution in [0.2, 0.25) is 0 Å². The van der Waals surface area contributed by atoms with E-state index >= 15 is 0 Å². The Morgan fingerprint density at radius 1 is 0.239 bits per heavy atom. The van der Waals surface area contributed by atoms with Crippen LogP contribution in [0.25, 0.3) is 55.6 Å². The second kappa shape index (κ2) is 15.9. The van der Waals surface area contributed by atoms with Crippen molar-refractivity contribution in [3.8, 4) is 55.6 Å². The van der Waals surface area contributed by atoms with E-state index in [2.05, 4.69) is 282 Å². The molecule has 0 saturated carbocycles. The van der Waals surface area contributed by atoms with Crippen molar-refractivity contribution < 1.29 is 0 Å². The van der Waals surface area contributed by atoms with Gasteiger partial charge in [-0.3, -0.25) is 0 Å². The molecule has 342 valence electrons. The highest BCUT2D eigenvalue weighted by atomic mass is 15.2. The van der Waals surface area contributed by atoms with Gasteiger partial charge in [0.15, 0.2) is 0 Å². The Morgan fingerprint density at radius 3 is 1.10 bits per heavy atom. The second-order valence-electron chi connectivity index (χ2n) is 21.3. The average molecular weight is 913 g/mol. The van der Waals surface area contributed by atoms with E-state index in [4.69, 9.17) is 0 Å². The Bertz CT molecular complexity index is 3700. The van der Waals surface area contributed by atoms with Crippen molar-refractivity contribution in [2.45, 2.75) is 57.8 Å². The number of para-hydroxylation sites is 1. The summed E-state index contributed by atoms with van der Waals surface area (Å²) < 4.78 is 0. The molecular weight excluding hydrogens is 857 g/mol. The Balaban J connectivity index is 0.989. The molecule has 0 unspecified atom stereocenters. The third-order valence-electron chi connectivity index (χ3n) is 16.3. The zero-order chi connectivity index (χ0) is 48.2. The summed E-state index contributed by atoms with van der Waals surface area (Å²) in [6.45, 7) is 14.5. The molecule has 0 bridgehead atoms. The van der Waals surface area contributed by atoms with Crippen molar-refractivity contribution in [2.24, 2.45) is 0 Å². The van der Waals surface area contributed by atoms with Gasteiger partial charge in [0.2, 0.25) is 0 Å². The molecule has 2 heteroatoms. The number of rotatable bonds is 8. The third-order valence-corrected chi connectivity index (χ3v) is 16.3. The number of hydrogen-bond acceptors (Lipinski definition) is 2. The lowest BCUT2D eigenvalue weighted by Gasteiger charge is -2.30. The van der Waals surface area contributed by atoms with Crippen LogP contribution in [-0.4, -0.2) is 0 Å². The zero-order valence-corrected chi connectivity index (χ0v) is 41.3. The van der Waals surface area contributed by atoms with Gasteiger partial charge in [-0.15, -0.1) is 0 Å². The minimum absolute atomic E-state index is 0.139. The lowest BCUT2D eigenvalue weighted by Crippen LogP contribution is -2.17. The van der Waals surface area contributed by atoms with Crippen LogP contribution in [0.3, 0.4) is 0 Å². The van der Waals surface area contributed by atoms with Crippen LogP contribution in [-0.2, 0) is 16.2 Å². The summed E-state index contributed by atoms with van der Waals surface area (Å²) in [4.78, 5) is 4.99. The maximum atomic E-state index is 2.58. The fourth-order valence-electron chi connectivity index (χ4n) is 12.5. The van der Waals surface area contributed by atoms with Gasteiger partial charge in [0.05, 0.1) is 11.4 Å². The first kappa shape index (κ1) is 42.9. The van der Waals surface area contributed by atoms with Gasteiger partial charge in [0.1, 0.15) is 0 Å². The van der Waals surface area contributed by atoms with Crippen LogP contribution in [0.15, 0.2) is 231 Å². The van der Waals surface area contributed by atoms with Gasteiger partial charge in [0, 0.05) is 50.1 Å². The van der Waals surface area contributed by atoms with Gasteiger partial charge in [-0.25, -0.2) is 0 Å². The van der Waals surface area contributed by atoms with Gasteiger partial charge in [-0.05, 0) is 151 Å². The van der Waals surface area contributed by atoms with E-state index in [1.165, 1.54) is 100 Å². The molecule has 0 atom stereocenters. The summed E-state index contributed by atoms with van der Waals surface area (Å²) in [7, 11) is 0. The second-order valence-corrected chi connectivity index (χ2v) is 21.3. The van der Waals surface area contributed by atoms with Crippen LogP contribution in [0.4, 0.5) is 34.1 Å². The zero-order valence-electron chi connectivity index (χ0n) is 41.3. The van der Waals surface area contributed by atoms with Crippen molar-refractivity contribution in [1.82, 2.24) is 0 Å². The van der Waals surface area contributed by atoms with E-state index < -0.39 is 0 Å². The first-order valence-corrected chi connectivity index (χ1v) is 25.2. The van der Waals surface area contributed by atoms with Crippen molar-refractivity contribution in [3.63, 3.8) is 0 Å². The summed E-state index contributed by atoms with van der Waals surface area (Å²) >= 11 is 0. The molecule has 0 N–H and O–H groups in total. The molecule has 0 spiro atoms. The number of fused-ring (bicyclic) bond motifs is 9. The topological polar surface area (TPSA) is 6.48 Å². The van der Waals surface area contributed by atoms with Gasteiger partial charge >= 0.3 is 0 Å². The monoisotopic (exact) mass is 912 g/mol. The van der Waals surface area contributed by atoms with Gasteiger partial charge in [-0.2, -0.15) is 0 Å². The number of anilines is 6. The van der Waals surface area contributed by atoms with Gasteiger partial charge < -0.3 is 9.80 Å². The molecule has 0 aromatic heterocycles. The van der Waals surface area contributed by atoms with Crippen molar-refractivity contribution >= 4 is 34.1 Å². The van der Waals surface area contributed by atoms with Gasteiger partial charge in [-0.1, -0.05) is 199 Å². The molecule has 0 aliphatic heterocycles. The fourth-order valence-corrected chi connectivity index (χ4v) is 12.5. The molecule has 0 radical (unpaired) electrons. The predicted octanol–water partition coefficient (Wildman–Crippen LogP) is 18.9. The number of benzene rings is 10. The lowest BCUT2D eigenvalue weighted by molar-refractivity contribution is 0.652. The summed E-state index contributed by atoms with van der Waals surface area (Å²) in [5.41, 5.74) is 27.2. The van der Waals surface area contributed by atoms with E-state index in [0.29, 0.717) is 0 Å². The summed E-state index contributed by atoms with van der Waals surface area (Å²) in [5, 5.41) is 0. The van der Waals surface area contributed by atoms with Crippen LogP contribution < -0.4 is 9.80 Å². The molecule has 0 fully saturated rings. The van der Waals surface area contributed by atoms with Crippen LogP contribution in [0.5, 0.6) is 0 Å². The SMILES string of the molecule is CC1(C)c2ccccc2-c2ccc(N(c3ccc(-c4ccccc4)cc3)c3cccc4c3-c3cc5c(cc3C4(C)C)-c3c(N(c4ccccc4)c4ccc(-c6ccccc6)cc4)cccc3C5(C)C)cc21. The maximum Gasteiger partial charge on any atom is 0.0543 e. The standard InChI is InChI=1S/C69H56N2/c1-67(2)57-27-17-16-26-53(57)54-41-40-52(42-60(54)67)71(51-38-34-48(35-39-51)46-22-12-8-13-23-46)64-31-19-29-59-66(64)56-44-61-55(43-62(56)69(59,5)6)65-58(68(61,3)4)28-18-30-63(65)70(49-24-14-9-15-25-49)50-36-32-47(33-37-50)45-20-10-7-11-21-45/h7-44H,1-6H3. The molecule has 3 aliphatic carbocycles. The Labute approximate surface area is 419 Å². The molecular formula is C69H56N2. The van der Waals surface area contributed by atoms with Crippen LogP contribution in [0, 0.1) is 0 Å². The molecule has 3 aliphatic rings. The Hall–Kier alpha value is -8.20. The van der Waals surface area contributed by atoms with E-state index in [9.17, 15) is 0 Å². The summed E-state index contributed by atoms with van der Waals surface area (Å²) in [6.07, 6.45) is 0. The first-order chi connectivity index (χ1) is 34.5. The quantitative estimate of drug-likeness (QED) is 0.150. The number of hydrogen-bond donors (Lipinski definition) is 0. The molecule has 0 amide bonds. The van der Waals surface area contributed by atoms with Crippen molar-refractivity contribution in [1.29, 1.82) is 0 Å². The minimum atomic E-state index is -0.270. The highest BCUT2D eigenvalue weighted by molar-refractivity contribution is 6.01. The van der Waals surface area contributed by atoms with E-state index in [0.717, 1.165) is 22.7 Å². The smallest absolute Gasteiger partial charge is 0.0543 e. The largest absolute Gasteiger partial charge is 0.310 e. The minimum Gasteiger partial charge on any atom is -0.310 e. The van der Waals surface area contributed by atoms with E-state index in [1.807, 2.05) is 0 Å². The molecule has 0 heterocycles. The van der Waals surface area contributed by atoms with E-state index in [1.54, 1.807) is 0 Å². The Kier molecular flexibility index (Phi) is 9.61. The molecule has 2 nitrogen and oxygen atoms in total. The molecule has 10 aromatic carbocycles. The molecule has 71 heavy (non-hydrogen) atoms. The molecule has 0 saturated heterocycles. The number of nitrogens with zero attached hydrogens (tertiary/aromatic N) is 2. The van der Waals surface area contributed by atoms with Crippen LogP contribution in [0.1, 0.15) is 74.9 Å². The van der Waals surface area contributed by atoms with Crippen molar-refractivity contribution in [3.05, 3.63) is 264 Å². The highest BCUT2D eigenvalue weighted by Crippen LogP contribution is 2.61. The maximum absolute atomic E-state index is 2.58. The van der Waals surface area contributed by atoms with E-state index in [-0.39, 0.29) is 16.2 Å². The van der Waals surface area contributed by atoms with Crippen molar-refractivity contribution in [2.75, 3.05) is 9.80 Å². The predicted molar refractivity (Wildman–Crippen MR) is 299 cm³/mol. The third kappa shape index (κ3) is 6.54.